The minimum atomic E-state index is -3.88. The molecule has 0 amide bonds. The van der Waals surface area contributed by atoms with Crippen molar-refractivity contribution < 1.29 is 22.3 Å². The van der Waals surface area contributed by atoms with E-state index in [4.69, 9.17) is 9.47 Å². The number of nitrogens with zero attached hydrogens (tertiary/aromatic N) is 2. The first kappa shape index (κ1) is 19.7. The molecule has 1 aromatic heterocycles. The van der Waals surface area contributed by atoms with Crippen molar-refractivity contribution in [2.24, 2.45) is 0 Å². The highest BCUT2D eigenvalue weighted by Gasteiger charge is 2.20. The van der Waals surface area contributed by atoms with Crippen molar-refractivity contribution in [2.45, 2.75) is 11.4 Å². The van der Waals surface area contributed by atoms with E-state index in [-0.39, 0.29) is 23.0 Å². The van der Waals surface area contributed by atoms with Gasteiger partial charge in [0.15, 0.2) is 0 Å². The van der Waals surface area contributed by atoms with Crippen LogP contribution in [0.2, 0.25) is 0 Å². The third-order valence-corrected chi connectivity index (χ3v) is 5.39. The lowest BCUT2D eigenvalue weighted by atomic mass is 10.1. The highest BCUT2D eigenvalue weighted by atomic mass is 32.2. The number of nitrogens with one attached hydrogen (secondary N) is 1. The number of benzene rings is 2. The summed E-state index contributed by atoms with van der Waals surface area (Å²) >= 11 is 0. The van der Waals surface area contributed by atoms with E-state index in [1.165, 1.54) is 44.8 Å². The van der Waals surface area contributed by atoms with Gasteiger partial charge < -0.3 is 9.47 Å². The molecule has 0 aliphatic heterocycles. The minimum Gasteiger partial charge on any atom is -0.497 e. The van der Waals surface area contributed by atoms with E-state index in [0.717, 1.165) is 0 Å². The fourth-order valence-corrected chi connectivity index (χ4v) is 3.69. The Morgan fingerprint density at radius 3 is 2.43 bits per heavy atom. The molecule has 0 bridgehead atoms. The number of halogens is 1. The lowest BCUT2D eigenvalue weighted by molar-refractivity contribution is 0.392. The summed E-state index contributed by atoms with van der Waals surface area (Å²) in [5.41, 5.74) is 1.71. The van der Waals surface area contributed by atoms with E-state index in [1.807, 2.05) is 0 Å². The molecule has 28 heavy (non-hydrogen) atoms. The van der Waals surface area contributed by atoms with Gasteiger partial charge in [0.2, 0.25) is 10.0 Å². The van der Waals surface area contributed by atoms with Gasteiger partial charge in [-0.05, 0) is 42.5 Å². The number of sulfonamides is 1. The molecule has 7 nitrogen and oxygen atoms in total. The predicted octanol–water partition coefficient (Wildman–Crippen LogP) is 2.78. The molecule has 0 unspecified atom stereocenters. The maximum Gasteiger partial charge on any atom is 0.244 e. The summed E-state index contributed by atoms with van der Waals surface area (Å²) in [5.74, 6) is 0.239. The first-order valence-electron chi connectivity index (χ1n) is 8.21. The third kappa shape index (κ3) is 4.44. The van der Waals surface area contributed by atoms with Crippen LogP contribution in [-0.4, -0.2) is 32.6 Å². The molecule has 1 heterocycles. The lowest BCUT2D eigenvalue weighted by Gasteiger charge is -2.12. The fourth-order valence-electron chi connectivity index (χ4n) is 2.51. The van der Waals surface area contributed by atoms with Crippen LogP contribution in [0.3, 0.4) is 0 Å². The van der Waals surface area contributed by atoms with E-state index < -0.39 is 10.0 Å². The molecule has 3 rings (SSSR count). The highest BCUT2D eigenvalue weighted by Crippen LogP contribution is 2.28. The SMILES string of the molecule is COc1ccc(OC)c(S(=O)(=O)NCc2cc(-c3ccc(F)cc3)ncn2)c1. The summed E-state index contributed by atoms with van der Waals surface area (Å²) in [7, 11) is -1.04. The first-order valence-corrected chi connectivity index (χ1v) is 9.70. The van der Waals surface area contributed by atoms with Gasteiger partial charge >= 0.3 is 0 Å². The molecule has 1 N–H and O–H groups in total. The van der Waals surface area contributed by atoms with Gasteiger partial charge in [0.05, 0.1) is 32.2 Å². The van der Waals surface area contributed by atoms with Crippen LogP contribution in [0, 0.1) is 5.82 Å². The van der Waals surface area contributed by atoms with Gasteiger partial charge in [-0.25, -0.2) is 27.5 Å². The molecular weight excluding hydrogens is 385 g/mol. The van der Waals surface area contributed by atoms with E-state index in [2.05, 4.69) is 14.7 Å². The average Bonchev–Trinajstić information content (AvgIpc) is 2.72. The maximum atomic E-state index is 13.1. The zero-order valence-electron chi connectivity index (χ0n) is 15.2. The maximum absolute atomic E-state index is 13.1. The molecule has 0 saturated carbocycles. The Hall–Kier alpha value is -3.04. The van der Waals surface area contributed by atoms with Crippen molar-refractivity contribution in [3.63, 3.8) is 0 Å². The summed E-state index contributed by atoms with van der Waals surface area (Å²) in [6.07, 6.45) is 1.33. The zero-order chi connectivity index (χ0) is 20.1. The predicted molar refractivity (Wildman–Crippen MR) is 101 cm³/mol. The van der Waals surface area contributed by atoms with Crippen molar-refractivity contribution in [2.75, 3.05) is 14.2 Å². The van der Waals surface area contributed by atoms with Gasteiger partial charge in [0, 0.05) is 11.6 Å². The van der Waals surface area contributed by atoms with Gasteiger partial charge in [-0.3, -0.25) is 0 Å². The van der Waals surface area contributed by atoms with Crippen LogP contribution in [0.4, 0.5) is 4.39 Å². The smallest absolute Gasteiger partial charge is 0.244 e. The van der Waals surface area contributed by atoms with Crippen LogP contribution in [0.15, 0.2) is 59.8 Å². The minimum absolute atomic E-state index is 0.0397. The average molecular weight is 403 g/mol. The van der Waals surface area contributed by atoms with Crippen LogP contribution >= 0.6 is 0 Å². The number of aromatic nitrogens is 2. The van der Waals surface area contributed by atoms with Crippen LogP contribution in [0.1, 0.15) is 5.69 Å². The zero-order valence-corrected chi connectivity index (χ0v) is 16.0. The Bertz CT molecular complexity index is 1070. The molecule has 3 aromatic rings. The van der Waals surface area contributed by atoms with E-state index in [0.29, 0.717) is 22.7 Å². The summed E-state index contributed by atoms with van der Waals surface area (Å²) < 4.78 is 51.2. The molecular formula is C19H18FN3O4S. The van der Waals surface area contributed by atoms with Gasteiger partial charge in [0.1, 0.15) is 28.5 Å². The van der Waals surface area contributed by atoms with Gasteiger partial charge in [0.25, 0.3) is 0 Å². The standard InChI is InChI=1S/C19H18FN3O4S/c1-26-16-7-8-18(27-2)19(10-16)28(24,25)23-11-15-9-17(22-12-21-15)13-3-5-14(20)6-4-13/h3-10,12,23H,11H2,1-2H3. The van der Waals surface area contributed by atoms with Crippen molar-refractivity contribution in [3.8, 4) is 22.8 Å². The number of rotatable bonds is 7. The molecule has 9 heteroatoms. The van der Waals surface area contributed by atoms with Crippen LogP contribution in [0.5, 0.6) is 11.5 Å². The normalized spacial score (nSPS) is 11.2. The molecule has 0 aliphatic rings. The summed E-state index contributed by atoms with van der Waals surface area (Å²) in [5, 5.41) is 0. The topological polar surface area (TPSA) is 90.4 Å². The molecule has 0 spiro atoms. The second-order valence-corrected chi connectivity index (χ2v) is 7.48. The third-order valence-electron chi connectivity index (χ3n) is 3.97. The lowest BCUT2D eigenvalue weighted by Crippen LogP contribution is -2.24. The number of methoxy groups -OCH3 is 2. The summed E-state index contributed by atoms with van der Waals surface area (Å²) in [6.45, 7) is -0.0561. The highest BCUT2D eigenvalue weighted by molar-refractivity contribution is 7.89. The first-order chi connectivity index (χ1) is 13.4. The van der Waals surface area contributed by atoms with Crippen LogP contribution in [-0.2, 0) is 16.6 Å². The molecule has 0 fully saturated rings. The quantitative estimate of drug-likeness (QED) is 0.652. The molecule has 0 radical (unpaired) electrons. The summed E-state index contributed by atoms with van der Waals surface area (Å²) in [4.78, 5) is 8.19. The Morgan fingerprint density at radius 1 is 1.00 bits per heavy atom. The molecule has 0 atom stereocenters. The molecule has 2 aromatic carbocycles. The Balaban J connectivity index is 1.82. The summed E-state index contributed by atoms with van der Waals surface area (Å²) in [6, 6.07) is 12.0. The van der Waals surface area contributed by atoms with Crippen molar-refractivity contribution in [1.82, 2.24) is 14.7 Å². The fraction of sp³-hybridized carbons (Fsp3) is 0.158. The van der Waals surface area contributed by atoms with Gasteiger partial charge in [-0.15, -0.1) is 0 Å². The monoisotopic (exact) mass is 403 g/mol. The van der Waals surface area contributed by atoms with E-state index in [1.54, 1.807) is 24.3 Å². The van der Waals surface area contributed by atoms with E-state index >= 15 is 0 Å². The molecule has 0 aliphatic carbocycles. The molecule has 146 valence electrons. The second-order valence-electron chi connectivity index (χ2n) is 5.74. The van der Waals surface area contributed by atoms with Crippen molar-refractivity contribution in [1.29, 1.82) is 0 Å². The number of ether oxygens (including phenoxy) is 2. The Morgan fingerprint density at radius 2 is 1.75 bits per heavy atom. The Kier molecular flexibility index (Phi) is 5.86. The van der Waals surface area contributed by atoms with E-state index in [9.17, 15) is 12.8 Å². The van der Waals surface area contributed by atoms with Crippen molar-refractivity contribution in [3.05, 3.63) is 66.4 Å². The van der Waals surface area contributed by atoms with Crippen LogP contribution < -0.4 is 14.2 Å². The number of hydrogen-bond acceptors (Lipinski definition) is 6. The Labute approximate surface area is 162 Å². The van der Waals surface area contributed by atoms with Gasteiger partial charge in [-0.1, -0.05) is 0 Å². The molecule has 0 saturated heterocycles. The largest absolute Gasteiger partial charge is 0.497 e. The number of hydrogen-bond donors (Lipinski definition) is 1. The van der Waals surface area contributed by atoms with Crippen molar-refractivity contribution >= 4 is 10.0 Å². The van der Waals surface area contributed by atoms with Crippen LogP contribution in [0.25, 0.3) is 11.3 Å². The van der Waals surface area contributed by atoms with Gasteiger partial charge in [-0.2, -0.15) is 0 Å². The second kappa shape index (κ2) is 8.32.